The maximum absolute atomic E-state index is 13.2. The molecule has 0 fully saturated rings. The topological polar surface area (TPSA) is 472 Å². The van der Waals surface area contributed by atoms with Gasteiger partial charge in [-0.05, 0) is 164 Å². The fraction of sp³-hybridized carbons (Fsp3) is 0.0213. The van der Waals surface area contributed by atoms with Crippen molar-refractivity contribution in [2.45, 2.75) is 0 Å². The number of benzene rings is 7. The van der Waals surface area contributed by atoms with Crippen LogP contribution in [0.15, 0.2) is 334 Å². The van der Waals surface area contributed by atoms with Crippen molar-refractivity contribution in [3.8, 4) is 78.8 Å². The number of rotatable bonds is 17. The van der Waals surface area contributed by atoms with Gasteiger partial charge in [0, 0.05) is 88.1 Å². The first-order valence-corrected chi connectivity index (χ1v) is 38.7. The zero-order valence-electron chi connectivity index (χ0n) is 68.0. The smallest absolute Gasteiger partial charge is 0.339 e. The highest BCUT2D eigenvalue weighted by Gasteiger charge is 2.22. The minimum absolute atomic E-state index is 0.146. The maximum atomic E-state index is 13.2. The van der Waals surface area contributed by atoms with Crippen LogP contribution in [0.25, 0.3) is 78.8 Å². The number of carboxylic acids is 1. The van der Waals surface area contributed by atoms with E-state index in [-0.39, 0.29) is 80.1 Å². The van der Waals surface area contributed by atoms with E-state index >= 15 is 0 Å². The number of nitrogen functional groups attached to an aromatic ring is 3. The van der Waals surface area contributed by atoms with Crippen molar-refractivity contribution < 1.29 is 66.5 Å². The summed E-state index contributed by atoms with van der Waals surface area (Å²) in [4.78, 5) is 125. The Hall–Kier alpha value is -17.8. The van der Waals surface area contributed by atoms with Crippen LogP contribution >= 0.6 is 23.2 Å². The number of halogens is 5. The SMILES string of the molecule is COC(=O)c1ccc(-c2ccccc2)nc1.COC(=O)c1ccc(Cl)nc1.Nc1ccc(-c2ccc(F)cc2)nc1NC(=O)c1ccc(-c2ccccc2)nc1.Nc1nc(-c2ccc(F)cc2)ccc1[N+](=O)[O-].Nc1nc(Cl)ccc1[N+](=O)[O-].O=C(Nc1nc(-c2ccc(F)cc2)ccc1[N+](=O)[O-])c1ccc(-c2ccccc2)nc1.O=C(O)c1ccc(-c2ccccc2)nc1. The van der Waals surface area contributed by atoms with Crippen molar-refractivity contribution in [2.75, 3.05) is 42.1 Å². The summed E-state index contributed by atoms with van der Waals surface area (Å²) in [5.74, 6) is -4.07. The molecule has 2 amide bonds. The standard InChI is InChI=1S/C23H15FN4O3.C23H17FN4O.C13H11NO2.C12H9NO2.C11H8FN3O2.C7H6ClNO2.C5H4ClN3O2/c24-18-9-6-16(7-10-18)20-12-13-21(28(30)31)22(26-20)27-23(29)17-8-11-19(25-14-17)15-4-2-1-3-5-15;24-18-9-6-16(7-10-18)21-13-11-19(25)22(27-21)28-23(29)17-8-12-20(26-14-17)15-4-2-1-3-5-15;1-16-13(15)11-7-8-12(14-9-11)10-5-3-2-4-6-10;14-12(15)10-6-7-11(13-8-10)9-4-2-1-3-5-9;12-8-3-1-7(2-4-8)9-5-6-10(15(16)17)11(13)14-9;1-11-7(10)5-2-3-6(8)9-4-5;6-4-2-1-3(9(10)11)5(7)8-4/h1-14H,(H,26,27,29);1-14H,25H2,(H,27,28,29);2-9H,1H3;1-8H,(H,14,15);1-6H,(H2,13,14);2-4H,1H3;1-2H,(H2,7,8). The van der Waals surface area contributed by atoms with Gasteiger partial charge in [-0.2, -0.15) is 0 Å². The van der Waals surface area contributed by atoms with Gasteiger partial charge < -0.3 is 42.4 Å². The molecule has 650 valence electrons. The minimum atomic E-state index is -0.956. The second-order valence-electron chi connectivity index (χ2n) is 26.4. The molecule has 0 radical (unpaired) electrons. The number of pyridine rings is 9. The molecule has 7 aromatic carbocycles. The molecule has 0 aliphatic rings. The van der Waals surface area contributed by atoms with Gasteiger partial charge in [-0.1, -0.05) is 145 Å². The Balaban J connectivity index is 0.000000163. The first-order chi connectivity index (χ1) is 62.6. The Bertz CT molecular complexity index is 6600. The number of amides is 2. The third-order valence-corrected chi connectivity index (χ3v) is 18.2. The molecule has 9 aromatic heterocycles. The molecule has 0 saturated heterocycles. The van der Waals surface area contributed by atoms with Gasteiger partial charge >= 0.3 is 35.0 Å². The molecule has 0 unspecified atom stereocenters. The summed E-state index contributed by atoms with van der Waals surface area (Å²) in [6.45, 7) is 0. The average molecular weight is 1790 g/mol. The fourth-order valence-electron chi connectivity index (χ4n) is 11.1. The number of esters is 2. The number of nitro groups is 3. The number of hydrogen-bond acceptors (Lipinski definition) is 25. The molecule has 0 spiro atoms. The Kier molecular flexibility index (Phi) is 33.9. The van der Waals surface area contributed by atoms with Crippen molar-refractivity contribution >= 4 is 98.9 Å². The van der Waals surface area contributed by atoms with Crippen molar-refractivity contribution in [2.24, 2.45) is 0 Å². The molecule has 0 bridgehead atoms. The van der Waals surface area contributed by atoms with Gasteiger partial charge in [-0.3, -0.25) is 59.9 Å². The van der Waals surface area contributed by atoms with Crippen LogP contribution in [-0.2, 0) is 9.47 Å². The Labute approximate surface area is 747 Å². The van der Waals surface area contributed by atoms with Crippen LogP contribution in [0.4, 0.5) is 59.2 Å². The summed E-state index contributed by atoms with van der Waals surface area (Å²) in [6.07, 6.45) is 7.16. The molecule has 31 nitrogen and oxygen atoms in total. The van der Waals surface area contributed by atoms with Crippen LogP contribution in [0.5, 0.6) is 0 Å². The second-order valence-corrected chi connectivity index (χ2v) is 27.2. The lowest BCUT2D eigenvalue weighted by Gasteiger charge is -2.10. The van der Waals surface area contributed by atoms with E-state index in [1.807, 2.05) is 127 Å². The largest absolute Gasteiger partial charge is 0.478 e. The number of anilines is 5. The van der Waals surface area contributed by atoms with Crippen LogP contribution < -0.4 is 27.8 Å². The lowest BCUT2D eigenvalue weighted by atomic mass is 10.1. The first kappa shape index (κ1) is 94.5. The maximum Gasteiger partial charge on any atom is 0.339 e. The zero-order chi connectivity index (χ0) is 93.2. The fourth-order valence-corrected chi connectivity index (χ4v) is 11.4. The molecular formula is C94H70Cl2F3N17O14. The number of carbonyl (C=O) groups is 5. The number of nitrogens with two attached hydrogens (primary N) is 3. The van der Waals surface area contributed by atoms with E-state index in [4.69, 9.17) is 45.5 Å². The van der Waals surface area contributed by atoms with Gasteiger partial charge in [0.1, 0.15) is 27.8 Å². The minimum Gasteiger partial charge on any atom is -0.478 e. The number of methoxy groups -OCH3 is 2. The number of carboxylic acid groups (broad SMARTS) is 1. The van der Waals surface area contributed by atoms with Crippen LogP contribution in [-0.4, -0.2) is 109 Å². The summed E-state index contributed by atoms with van der Waals surface area (Å²) in [5, 5.41) is 46.5. The summed E-state index contributed by atoms with van der Waals surface area (Å²) in [7, 11) is 2.67. The van der Waals surface area contributed by atoms with Crippen molar-refractivity contribution in [3.63, 3.8) is 0 Å². The highest BCUT2D eigenvalue weighted by atomic mass is 35.5. The van der Waals surface area contributed by atoms with E-state index in [0.717, 1.165) is 44.9 Å². The highest BCUT2D eigenvalue weighted by molar-refractivity contribution is 6.29. The molecule has 0 atom stereocenters. The summed E-state index contributed by atoms with van der Waals surface area (Å²) in [6, 6.07) is 83.7. The van der Waals surface area contributed by atoms with Gasteiger partial charge in [0.25, 0.3) is 11.8 Å². The number of hydrogen-bond donors (Lipinski definition) is 6. The first-order valence-electron chi connectivity index (χ1n) is 38.0. The van der Waals surface area contributed by atoms with Gasteiger partial charge in [-0.25, -0.2) is 52.5 Å². The van der Waals surface area contributed by atoms with E-state index in [2.05, 4.69) is 65.0 Å². The molecule has 16 rings (SSSR count). The van der Waals surface area contributed by atoms with E-state index in [9.17, 15) is 67.5 Å². The van der Waals surface area contributed by atoms with Crippen LogP contribution in [0.1, 0.15) is 51.8 Å². The van der Waals surface area contributed by atoms with Gasteiger partial charge in [0.05, 0.1) is 102 Å². The average Bonchev–Trinajstić information content (AvgIpc) is 0.812. The third kappa shape index (κ3) is 27.6. The number of aromatic carboxylic acids is 1. The predicted octanol–water partition coefficient (Wildman–Crippen LogP) is 20.0. The molecule has 36 heteroatoms. The molecule has 9 N–H and O–H groups in total. The summed E-state index contributed by atoms with van der Waals surface area (Å²) < 4.78 is 48.1. The van der Waals surface area contributed by atoms with Crippen molar-refractivity contribution in [1.82, 2.24) is 44.9 Å². The predicted molar refractivity (Wildman–Crippen MR) is 485 cm³/mol. The number of aromatic nitrogens is 9. The van der Waals surface area contributed by atoms with E-state index < -0.39 is 38.4 Å². The Morgan fingerprint density at radius 2 is 0.608 bits per heavy atom. The quantitative estimate of drug-likeness (QED) is 0.0213. The monoisotopic (exact) mass is 1790 g/mol. The van der Waals surface area contributed by atoms with Crippen LogP contribution in [0.2, 0.25) is 10.3 Å². The second kappa shape index (κ2) is 46.6. The zero-order valence-corrected chi connectivity index (χ0v) is 69.5. The molecule has 9 heterocycles. The highest BCUT2D eigenvalue weighted by Crippen LogP contribution is 2.31. The van der Waals surface area contributed by atoms with E-state index in [1.165, 1.54) is 148 Å². The lowest BCUT2D eigenvalue weighted by molar-refractivity contribution is -0.384. The van der Waals surface area contributed by atoms with Crippen LogP contribution in [0, 0.1) is 47.8 Å². The normalized spacial score (nSPS) is 10.1. The van der Waals surface area contributed by atoms with Crippen LogP contribution in [0.3, 0.4) is 0 Å². The lowest BCUT2D eigenvalue weighted by Crippen LogP contribution is -2.15. The summed E-state index contributed by atoms with van der Waals surface area (Å²) >= 11 is 10.9. The van der Waals surface area contributed by atoms with Crippen molar-refractivity contribution in [1.29, 1.82) is 0 Å². The Morgan fingerprint density at radius 3 is 0.931 bits per heavy atom. The molecule has 0 aliphatic carbocycles. The van der Waals surface area contributed by atoms with Gasteiger partial charge in [0.15, 0.2) is 5.82 Å². The molecule has 0 aliphatic heterocycles. The molecular weight excluding hydrogens is 1720 g/mol. The van der Waals surface area contributed by atoms with Gasteiger partial charge in [-0.15, -0.1) is 0 Å². The molecule has 130 heavy (non-hydrogen) atoms. The molecule has 16 aromatic rings. The third-order valence-electron chi connectivity index (χ3n) is 17.7. The summed E-state index contributed by atoms with van der Waals surface area (Å²) in [5.41, 5.74) is 28.1. The van der Waals surface area contributed by atoms with Gasteiger partial charge in [0.2, 0.25) is 17.5 Å². The Morgan fingerprint density at radius 1 is 0.323 bits per heavy atom. The van der Waals surface area contributed by atoms with E-state index in [0.29, 0.717) is 61.4 Å². The number of nitrogens with zero attached hydrogens (tertiary/aromatic N) is 12. The molecule has 0 saturated carbocycles. The number of nitrogens with one attached hydrogen (secondary N) is 2. The number of ether oxygens (including phenoxy) is 2. The number of carbonyl (C=O) groups excluding carboxylic acids is 4. The van der Waals surface area contributed by atoms with Crippen molar-refractivity contribution in [3.05, 3.63) is 420 Å². The van der Waals surface area contributed by atoms with E-state index in [1.54, 1.807) is 72.8 Å².